The van der Waals surface area contributed by atoms with E-state index in [4.69, 9.17) is 5.73 Å². The van der Waals surface area contributed by atoms with Crippen LogP contribution in [0.15, 0.2) is 0 Å². The zero-order valence-electron chi connectivity index (χ0n) is 6.80. The van der Waals surface area contributed by atoms with E-state index in [-0.39, 0.29) is 6.42 Å². The molecule has 0 amide bonds. The Morgan fingerprint density at radius 2 is 2.08 bits per heavy atom. The minimum absolute atomic E-state index is 0.273. The fourth-order valence-corrected chi connectivity index (χ4v) is 1.45. The van der Waals surface area contributed by atoms with Crippen molar-refractivity contribution in [3.05, 3.63) is 0 Å². The number of carbonyl (C=O) groups excluding carboxylic acids is 1. The van der Waals surface area contributed by atoms with Crippen molar-refractivity contribution >= 4 is 5.97 Å². The third kappa shape index (κ3) is 1.43. The van der Waals surface area contributed by atoms with Crippen LogP contribution in [0.5, 0.6) is 0 Å². The Labute approximate surface area is 70.1 Å². The van der Waals surface area contributed by atoms with Crippen LogP contribution in [0.3, 0.4) is 0 Å². The van der Waals surface area contributed by atoms with Gasteiger partial charge >= 0.3 is 5.97 Å². The molecule has 0 spiro atoms. The summed E-state index contributed by atoms with van der Waals surface area (Å²) >= 11 is 0. The first kappa shape index (κ1) is 9.44. The largest absolute Gasteiger partial charge is 0.469 e. The standard InChI is InChI=1S/C7H13NO4/c1-12-7(11)3-2-4(8)6(10)5(3)9/h3-6,9-10H,2,8H2,1H3/t3-,4+,5+,6-/m0/s1. The number of rotatable bonds is 1. The Bertz CT molecular complexity index is 184. The van der Waals surface area contributed by atoms with Crippen molar-refractivity contribution in [3.8, 4) is 0 Å². The lowest BCUT2D eigenvalue weighted by atomic mass is 10.1. The van der Waals surface area contributed by atoms with Gasteiger partial charge in [-0.1, -0.05) is 0 Å². The van der Waals surface area contributed by atoms with Crippen LogP contribution in [-0.4, -0.2) is 41.5 Å². The molecule has 70 valence electrons. The topological polar surface area (TPSA) is 92.8 Å². The van der Waals surface area contributed by atoms with Gasteiger partial charge in [-0.3, -0.25) is 4.79 Å². The van der Waals surface area contributed by atoms with Crippen LogP contribution in [0.4, 0.5) is 0 Å². The second-order valence-corrected chi connectivity index (χ2v) is 3.01. The third-order valence-corrected chi connectivity index (χ3v) is 2.23. The molecular weight excluding hydrogens is 162 g/mol. The summed E-state index contributed by atoms with van der Waals surface area (Å²) in [5, 5.41) is 18.5. The molecule has 0 unspecified atom stereocenters. The van der Waals surface area contributed by atoms with Gasteiger partial charge in [0, 0.05) is 6.04 Å². The summed E-state index contributed by atoms with van der Waals surface area (Å²) in [6.45, 7) is 0. The summed E-state index contributed by atoms with van der Waals surface area (Å²) in [6, 6.07) is -0.538. The molecule has 4 atom stereocenters. The molecule has 0 radical (unpaired) electrons. The number of aliphatic hydroxyl groups excluding tert-OH is 2. The maximum atomic E-state index is 11.0. The molecule has 1 aliphatic carbocycles. The minimum Gasteiger partial charge on any atom is -0.469 e. The highest BCUT2D eigenvalue weighted by atomic mass is 16.5. The van der Waals surface area contributed by atoms with E-state index in [9.17, 15) is 15.0 Å². The molecule has 5 nitrogen and oxygen atoms in total. The van der Waals surface area contributed by atoms with E-state index >= 15 is 0 Å². The van der Waals surface area contributed by atoms with Gasteiger partial charge in [-0.2, -0.15) is 0 Å². The van der Waals surface area contributed by atoms with E-state index in [1.165, 1.54) is 7.11 Å². The molecule has 4 N–H and O–H groups in total. The molecule has 0 aromatic heterocycles. The lowest BCUT2D eigenvalue weighted by Crippen LogP contribution is -2.36. The van der Waals surface area contributed by atoms with E-state index < -0.39 is 30.1 Å². The maximum Gasteiger partial charge on any atom is 0.311 e. The van der Waals surface area contributed by atoms with Crippen molar-refractivity contribution in [3.63, 3.8) is 0 Å². The van der Waals surface area contributed by atoms with Crippen LogP contribution in [-0.2, 0) is 9.53 Å². The molecule has 1 fully saturated rings. The van der Waals surface area contributed by atoms with E-state index in [0.717, 1.165) is 0 Å². The lowest BCUT2D eigenvalue weighted by molar-refractivity contribution is -0.149. The molecule has 1 aliphatic rings. The summed E-state index contributed by atoms with van der Waals surface area (Å²) in [5.41, 5.74) is 5.43. The van der Waals surface area contributed by atoms with E-state index in [1.54, 1.807) is 0 Å². The van der Waals surface area contributed by atoms with Gasteiger partial charge in [0.2, 0.25) is 0 Å². The predicted molar refractivity (Wildman–Crippen MR) is 40.1 cm³/mol. The quantitative estimate of drug-likeness (QED) is 0.410. The number of hydrogen-bond acceptors (Lipinski definition) is 5. The van der Waals surface area contributed by atoms with Gasteiger partial charge in [0.25, 0.3) is 0 Å². The number of ether oxygens (including phenoxy) is 1. The molecule has 5 heteroatoms. The Balaban J connectivity index is 2.64. The van der Waals surface area contributed by atoms with Gasteiger partial charge < -0.3 is 20.7 Å². The highest BCUT2D eigenvalue weighted by Crippen LogP contribution is 2.26. The molecule has 0 saturated heterocycles. The van der Waals surface area contributed by atoms with Crippen LogP contribution >= 0.6 is 0 Å². The molecule has 0 aliphatic heterocycles. The van der Waals surface area contributed by atoms with Crippen LogP contribution in [0.25, 0.3) is 0 Å². The minimum atomic E-state index is -1.09. The number of aliphatic hydroxyl groups is 2. The Kier molecular flexibility index (Phi) is 2.66. The van der Waals surface area contributed by atoms with Crippen molar-refractivity contribution < 1.29 is 19.7 Å². The molecule has 0 aromatic carbocycles. The van der Waals surface area contributed by atoms with Gasteiger partial charge in [-0.05, 0) is 6.42 Å². The van der Waals surface area contributed by atoms with Gasteiger partial charge in [0.15, 0.2) is 0 Å². The van der Waals surface area contributed by atoms with Gasteiger partial charge in [0.1, 0.15) is 0 Å². The average Bonchev–Trinajstić information content (AvgIpc) is 2.32. The summed E-state index contributed by atoms with van der Waals surface area (Å²) in [7, 11) is 1.24. The third-order valence-electron chi connectivity index (χ3n) is 2.23. The Hall–Kier alpha value is -0.650. The zero-order valence-corrected chi connectivity index (χ0v) is 6.80. The molecule has 1 rings (SSSR count). The lowest BCUT2D eigenvalue weighted by Gasteiger charge is -2.13. The summed E-state index contributed by atoms with van der Waals surface area (Å²) in [4.78, 5) is 11.0. The first-order valence-corrected chi connectivity index (χ1v) is 3.77. The predicted octanol–water partition coefficient (Wildman–Crippen LogP) is -1.77. The molecule has 0 bridgehead atoms. The van der Waals surface area contributed by atoms with Crippen molar-refractivity contribution in [1.29, 1.82) is 0 Å². The highest BCUT2D eigenvalue weighted by molar-refractivity contribution is 5.73. The molecule has 12 heavy (non-hydrogen) atoms. The van der Waals surface area contributed by atoms with Crippen LogP contribution in [0.2, 0.25) is 0 Å². The van der Waals surface area contributed by atoms with E-state index in [2.05, 4.69) is 4.74 Å². The Morgan fingerprint density at radius 1 is 1.50 bits per heavy atom. The molecule has 0 heterocycles. The Morgan fingerprint density at radius 3 is 2.42 bits per heavy atom. The summed E-state index contributed by atoms with van der Waals surface area (Å²) in [6.07, 6.45) is -1.84. The van der Waals surface area contributed by atoms with E-state index in [1.807, 2.05) is 0 Å². The van der Waals surface area contributed by atoms with Crippen LogP contribution in [0.1, 0.15) is 6.42 Å². The molecule has 0 aromatic rings. The molecular formula is C7H13NO4. The summed E-state index contributed by atoms with van der Waals surface area (Å²) in [5.74, 6) is -1.20. The van der Waals surface area contributed by atoms with Crippen molar-refractivity contribution in [2.45, 2.75) is 24.7 Å². The highest BCUT2D eigenvalue weighted by Gasteiger charge is 2.43. The zero-order chi connectivity index (χ0) is 9.30. The normalized spacial score (nSPS) is 41.3. The monoisotopic (exact) mass is 175 g/mol. The van der Waals surface area contributed by atoms with Gasteiger partial charge in [-0.25, -0.2) is 0 Å². The van der Waals surface area contributed by atoms with Crippen molar-refractivity contribution in [1.82, 2.24) is 0 Å². The van der Waals surface area contributed by atoms with Crippen molar-refractivity contribution in [2.75, 3.05) is 7.11 Å². The van der Waals surface area contributed by atoms with Crippen LogP contribution < -0.4 is 5.73 Å². The van der Waals surface area contributed by atoms with Crippen LogP contribution in [0, 0.1) is 5.92 Å². The first-order valence-electron chi connectivity index (χ1n) is 3.77. The summed E-state index contributed by atoms with van der Waals surface area (Å²) < 4.78 is 4.44. The number of methoxy groups -OCH3 is 1. The average molecular weight is 175 g/mol. The SMILES string of the molecule is COC(=O)[C@H]1C[C@@H](N)[C@H](O)[C@@H]1O. The second kappa shape index (κ2) is 3.38. The molecule has 1 saturated carbocycles. The fourth-order valence-electron chi connectivity index (χ4n) is 1.45. The smallest absolute Gasteiger partial charge is 0.311 e. The number of esters is 1. The maximum absolute atomic E-state index is 11.0. The number of nitrogens with two attached hydrogens (primary N) is 1. The van der Waals surface area contributed by atoms with Crippen molar-refractivity contribution in [2.24, 2.45) is 11.7 Å². The van der Waals surface area contributed by atoms with Gasteiger partial charge in [0.05, 0.1) is 25.2 Å². The van der Waals surface area contributed by atoms with Gasteiger partial charge in [-0.15, -0.1) is 0 Å². The second-order valence-electron chi connectivity index (χ2n) is 3.01. The number of hydrogen-bond donors (Lipinski definition) is 3. The fraction of sp³-hybridized carbons (Fsp3) is 0.857. The van der Waals surface area contributed by atoms with E-state index in [0.29, 0.717) is 0 Å². The first-order chi connectivity index (χ1) is 5.57. The number of carbonyl (C=O) groups is 1.